The van der Waals surface area contributed by atoms with E-state index < -0.39 is 23.4 Å². The van der Waals surface area contributed by atoms with Gasteiger partial charge in [0.15, 0.2) is 0 Å². The molecule has 0 aromatic heterocycles. The number of rotatable bonds is 1. The maximum Gasteiger partial charge on any atom is 0.416 e. The Balaban J connectivity index is 2.78. The van der Waals surface area contributed by atoms with Crippen LogP contribution in [-0.2, 0) is 10.9 Å². The first-order valence-corrected chi connectivity index (χ1v) is 7.18. The molecule has 0 aliphatic heterocycles. The summed E-state index contributed by atoms with van der Waals surface area (Å²) in [6.45, 7) is 5.06. The molecule has 1 aromatic carbocycles. The molecule has 1 N–H and O–H groups in total. The molecule has 1 aromatic rings. The van der Waals surface area contributed by atoms with Crippen LogP contribution in [0.1, 0.15) is 31.9 Å². The largest absolute Gasteiger partial charge is 0.444 e. The van der Waals surface area contributed by atoms with E-state index in [0.717, 1.165) is 12.1 Å². The van der Waals surface area contributed by atoms with Crippen LogP contribution in [-0.4, -0.2) is 18.2 Å². The van der Waals surface area contributed by atoms with Crippen LogP contribution < -0.4 is 5.32 Å². The number of alkyl halides is 3. The van der Waals surface area contributed by atoms with Gasteiger partial charge >= 0.3 is 12.3 Å². The highest BCUT2D eigenvalue weighted by Gasteiger charge is 2.31. The van der Waals surface area contributed by atoms with Crippen LogP contribution in [0.4, 0.5) is 18.0 Å². The second kappa shape index (κ2) is 7.33. The fraction of sp³-hybridized carbons (Fsp3) is 0.400. The number of carbonyl (C=O) groups excluding carboxylic acids is 1. The lowest BCUT2D eigenvalue weighted by Crippen LogP contribution is -2.32. The standard InChI is InChI=1S/C15H14Cl2F3NO2/c1-14(2,3)23-13(22)21-6-4-5-10-11(16)7-9(8-12(10)17)15(18,19)20/h7-8H,6H2,1-3H3,(H,21,22). The average molecular weight is 368 g/mol. The number of benzene rings is 1. The third-order valence-electron chi connectivity index (χ3n) is 2.30. The van der Waals surface area contributed by atoms with Gasteiger partial charge in [-0.15, -0.1) is 0 Å². The summed E-state index contributed by atoms with van der Waals surface area (Å²) in [5.74, 6) is 5.07. The van der Waals surface area contributed by atoms with Crippen molar-refractivity contribution in [1.29, 1.82) is 0 Å². The van der Waals surface area contributed by atoms with Crippen LogP contribution >= 0.6 is 23.2 Å². The van der Waals surface area contributed by atoms with Crippen LogP contribution in [0.3, 0.4) is 0 Å². The Labute approximate surface area is 142 Å². The molecule has 3 nitrogen and oxygen atoms in total. The topological polar surface area (TPSA) is 38.3 Å². The minimum atomic E-state index is -4.54. The third kappa shape index (κ3) is 6.59. The Kier molecular flexibility index (Phi) is 6.20. The van der Waals surface area contributed by atoms with Crippen LogP contribution in [0.25, 0.3) is 0 Å². The summed E-state index contributed by atoms with van der Waals surface area (Å²) in [4.78, 5) is 11.4. The van der Waals surface area contributed by atoms with Crippen molar-refractivity contribution in [3.8, 4) is 11.8 Å². The number of carbonyl (C=O) groups is 1. The molecule has 8 heteroatoms. The number of hydrogen-bond acceptors (Lipinski definition) is 2. The smallest absolute Gasteiger partial charge is 0.416 e. The van der Waals surface area contributed by atoms with Crippen LogP contribution in [0, 0.1) is 11.8 Å². The zero-order valence-corrected chi connectivity index (χ0v) is 14.1. The van der Waals surface area contributed by atoms with Gasteiger partial charge in [0.05, 0.1) is 27.7 Å². The molecule has 0 unspecified atom stereocenters. The number of halogens is 5. The van der Waals surface area contributed by atoms with Crippen molar-refractivity contribution >= 4 is 29.3 Å². The SMILES string of the molecule is CC(C)(C)OC(=O)NCC#Cc1c(Cl)cc(C(F)(F)F)cc1Cl. The van der Waals surface area contributed by atoms with Gasteiger partial charge in [-0.1, -0.05) is 35.0 Å². The van der Waals surface area contributed by atoms with Gasteiger partial charge in [-0.05, 0) is 32.9 Å². The van der Waals surface area contributed by atoms with Gasteiger partial charge in [-0.25, -0.2) is 4.79 Å². The van der Waals surface area contributed by atoms with E-state index in [1.54, 1.807) is 20.8 Å². The average Bonchev–Trinajstić information content (AvgIpc) is 2.33. The lowest BCUT2D eigenvalue weighted by atomic mass is 10.1. The van der Waals surface area contributed by atoms with E-state index in [1.807, 2.05) is 0 Å². The van der Waals surface area contributed by atoms with Crippen molar-refractivity contribution in [3.63, 3.8) is 0 Å². The predicted molar refractivity (Wildman–Crippen MR) is 82.6 cm³/mol. The Hall–Kier alpha value is -1.58. The third-order valence-corrected chi connectivity index (χ3v) is 2.90. The molecule has 0 spiro atoms. The monoisotopic (exact) mass is 367 g/mol. The molecule has 1 rings (SSSR count). The summed E-state index contributed by atoms with van der Waals surface area (Å²) < 4.78 is 42.8. The number of alkyl carbamates (subject to hydrolysis) is 1. The quantitative estimate of drug-likeness (QED) is 0.717. The molecule has 0 radical (unpaired) electrons. The van der Waals surface area contributed by atoms with Crippen molar-refractivity contribution in [2.24, 2.45) is 0 Å². The summed E-state index contributed by atoms with van der Waals surface area (Å²) in [5.41, 5.74) is -1.53. The number of amides is 1. The van der Waals surface area contributed by atoms with Crippen LogP contribution in [0.2, 0.25) is 10.0 Å². The van der Waals surface area contributed by atoms with Gasteiger partial charge in [-0.3, -0.25) is 0 Å². The second-order valence-electron chi connectivity index (χ2n) is 5.47. The first-order chi connectivity index (χ1) is 10.4. The lowest BCUT2D eigenvalue weighted by Gasteiger charge is -2.19. The highest BCUT2D eigenvalue weighted by atomic mass is 35.5. The zero-order chi connectivity index (χ0) is 17.8. The highest BCUT2D eigenvalue weighted by Crippen LogP contribution is 2.35. The molecule has 0 heterocycles. The van der Waals surface area contributed by atoms with Gasteiger partial charge in [0.25, 0.3) is 0 Å². The van der Waals surface area contributed by atoms with Crippen molar-refractivity contribution in [2.45, 2.75) is 32.5 Å². The fourth-order valence-electron chi connectivity index (χ4n) is 1.42. The predicted octanol–water partition coefficient (Wildman–Crippen LogP) is 4.89. The molecule has 0 saturated carbocycles. The van der Waals surface area contributed by atoms with E-state index in [2.05, 4.69) is 17.2 Å². The fourth-order valence-corrected chi connectivity index (χ4v) is 2.00. The highest BCUT2D eigenvalue weighted by molar-refractivity contribution is 6.36. The molecule has 0 aliphatic carbocycles. The molecule has 23 heavy (non-hydrogen) atoms. The molecule has 0 saturated heterocycles. The van der Waals surface area contributed by atoms with Gasteiger partial charge in [0.2, 0.25) is 0 Å². The van der Waals surface area contributed by atoms with E-state index in [-0.39, 0.29) is 22.2 Å². The molecular formula is C15H14Cl2F3NO2. The van der Waals surface area contributed by atoms with E-state index in [4.69, 9.17) is 27.9 Å². The Morgan fingerprint density at radius 2 is 1.74 bits per heavy atom. The van der Waals surface area contributed by atoms with Gasteiger partial charge < -0.3 is 10.1 Å². The van der Waals surface area contributed by atoms with E-state index in [0.29, 0.717) is 0 Å². The molecule has 126 valence electrons. The molecular weight excluding hydrogens is 354 g/mol. The van der Waals surface area contributed by atoms with Crippen molar-refractivity contribution in [3.05, 3.63) is 33.3 Å². The summed E-state index contributed by atoms with van der Waals surface area (Å²) >= 11 is 11.5. The Bertz CT molecular complexity index is 632. The summed E-state index contributed by atoms with van der Waals surface area (Å²) in [6.07, 6.45) is -5.20. The summed E-state index contributed by atoms with van der Waals surface area (Å²) in [5, 5.41) is 1.96. The Morgan fingerprint density at radius 3 is 2.17 bits per heavy atom. The maximum atomic E-state index is 12.6. The molecule has 0 atom stereocenters. The van der Waals surface area contributed by atoms with Crippen LogP contribution in [0.5, 0.6) is 0 Å². The first kappa shape index (κ1) is 19.5. The van der Waals surface area contributed by atoms with Gasteiger partial charge in [0.1, 0.15) is 5.60 Å². The van der Waals surface area contributed by atoms with Crippen LogP contribution in [0.15, 0.2) is 12.1 Å². The normalized spacial score (nSPS) is 11.5. The summed E-state index contributed by atoms with van der Waals surface area (Å²) in [6, 6.07) is 1.50. The number of ether oxygens (including phenoxy) is 1. The first-order valence-electron chi connectivity index (χ1n) is 6.42. The molecule has 0 bridgehead atoms. The summed E-state index contributed by atoms with van der Waals surface area (Å²) in [7, 11) is 0. The minimum absolute atomic E-state index is 0.0623. The van der Waals surface area contributed by atoms with E-state index in [1.165, 1.54) is 0 Å². The number of nitrogens with one attached hydrogen (secondary N) is 1. The van der Waals surface area contributed by atoms with Crippen molar-refractivity contribution in [1.82, 2.24) is 5.32 Å². The van der Waals surface area contributed by atoms with Crippen molar-refractivity contribution < 1.29 is 22.7 Å². The Morgan fingerprint density at radius 1 is 1.22 bits per heavy atom. The molecule has 0 fully saturated rings. The zero-order valence-electron chi connectivity index (χ0n) is 12.6. The molecule has 1 amide bonds. The minimum Gasteiger partial charge on any atom is -0.444 e. The van der Waals surface area contributed by atoms with Crippen molar-refractivity contribution in [2.75, 3.05) is 6.54 Å². The lowest BCUT2D eigenvalue weighted by molar-refractivity contribution is -0.137. The van der Waals surface area contributed by atoms with Gasteiger partial charge in [0, 0.05) is 0 Å². The van der Waals surface area contributed by atoms with E-state index in [9.17, 15) is 18.0 Å². The van der Waals surface area contributed by atoms with Gasteiger partial charge in [-0.2, -0.15) is 13.2 Å². The van der Waals surface area contributed by atoms with E-state index >= 15 is 0 Å². The number of hydrogen-bond donors (Lipinski definition) is 1. The molecule has 0 aliphatic rings. The maximum absolute atomic E-state index is 12.6. The second-order valence-corrected chi connectivity index (χ2v) is 6.28.